The van der Waals surface area contributed by atoms with E-state index >= 15 is 0 Å². The summed E-state index contributed by atoms with van der Waals surface area (Å²) in [5, 5.41) is 19.9. The summed E-state index contributed by atoms with van der Waals surface area (Å²) >= 11 is 24.5. The van der Waals surface area contributed by atoms with E-state index in [2.05, 4.69) is 10.4 Å². The fourth-order valence-electron chi connectivity index (χ4n) is 2.85. The molecule has 3 rings (SSSR count). The molecule has 1 fully saturated rings. The van der Waals surface area contributed by atoms with E-state index in [-0.39, 0.29) is 15.6 Å². The summed E-state index contributed by atoms with van der Waals surface area (Å²) in [6.45, 7) is 3.58. The Labute approximate surface area is 202 Å². The van der Waals surface area contributed by atoms with Crippen molar-refractivity contribution < 1.29 is 14.4 Å². The van der Waals surface area contributed by atoms with Crippen LogP contribution >= 0.6 is 58.8 Å². The molecule has 31 heavy (non-hydrogen) atoms. The third-order valence-electron chi connectivity index (χ3n) is 4.31. The van der Waals surface area contributed by atoms with Gasteiger partial charge < -0.3 is 5.32 Å². The van der Waals surface area contributed by atoms with Crippen LogP contribution in [0.25, 0.3) is 0 Å². The fraction of sp³-hybridized carbons (Fsp3) is 0.211. The van der Waals surface area contributed by atoms with E-state index in [1.807, 2.05) is 0 Å². The van der Waals surface area contributed by atoms with Gasteiger partial charge in [-0.2, -0.15) is 10.2 Å². The van der Waals surface area contributed by atoms with Crippen LogP contribution in [0, 0.1) is 5.82 Å². The number of hydroxylamine groups is 2. The van der Waals surface area contributed by atoms with E-state index in [4.69, 9.17) is 47.0 Å². The quantitative estimate of drug-likeness (QED) is 0.209. The second-order valence-electron chi connectivity index (χ2n) is 6.97. The van der Waals surface area contributed by atoms with Gasteiger partial charge in [-0.3, -0.25) is 5.21 Å². The minimum atomic E-state index is -0.991. The van der Waals surface area contributed by atoms with Crippen molar-refractivity contribution in [3.63, 3.8) is 0 Å². The molecule has 1 aliphatic heterocycles. The van der Waals surface area contributed by atoms with Crippen LogP contribution < -0.4 is 5.32 Å². The lowest BCUT2D eigenvalue weighted by Crippen LogP contribution is -2.54. The van der Waals surface area contributed by atoms with Gasteiger partial charge in [0.15, 0.2) is 10.5 Å². The maximum absolute atomic E-state index is 14.1. The molecule has 6 nitrogen and oxygen atoms in total. The Morgan fingerprint density at radius 2 is 2.00 bits per heavy atom. The number of hydrogen-bond acceptors (Lipinski definition) is 5. The summed E-state index contributed by atoms with van der Waals surface area (Å²) < 4.78 is 13.6. The molecular formula is C19H16Cl3FN4O2S2. The highest BCUT2D eigenvalue weighted by Crippen LogP contribution is 2.42. The van der Waals surface area contributed by atoms with Crippen molar-refractivity contribution in [2.24, 2.45) is 5.10 Å². The molecule has 0 radical (unpaired) electrons. The van der Waals surface area contributed by atoms with Crippen LogP contribution in [0.5, 0.6) is 0 Å². The van der Waals surface area contributed by atoms with Crippen LogP contribution in [0.4, 0.5) is 14.9 Å². The van der Waals surface area contributed by atoms with Gasteiger partial charge in [-0.05, 0) is 44.2 Å². The number of anilines is 1. The smallest absolute Gasteiger partial charge is 0.306 e. The van der Waals surface area contributed by atoms with Gasteiger partial charge in [-0.1, -0.05) is 64.8 Å². The minimum absolute atomic E-state index is 0.0603. The highest BCUT2D eigenvalue weighted by atomic mass is 35.5. The molecule has 0 aromatic heterocycles. The first-order chi connectivity index (χ1) is 14.5. The fourth-order valence-corrected chi connectivity index (χ4v) is 5.14. The predicted octanol–water partition coefficient (Wildman–Crippen LogP) is 6.48. The van der Waals surface area contributed by atoms with E-state index in [1.165, 1.54) is 59.4 Å². The van der Waals surface area contributed by atoms with Crippen molar-refractivity contribution in [2.75, 3.05) is 5.32 Å². The predicted molar refractivity (Wildman–Crippen MR) is 128 cm³/mol. The minimum Gasteiger partial charge on any atom is -0.306 e. The van der Waals surface area contributed by atoms with Gasteiger partial charge in [0.2, 0.25) is 0 Å². The molecule has 2 amide bonds. The zero-order valence-electron chi connectivity index (χ0n) is 16.1. The zero-order chi connectivity index (χ0) is 22.9. The van der Waals surface area contributed by atoms with Gasteiger partial charge in [-0.25, -0.2) is 14.2 Å². The lowest BCUT2D eigenvalue weighted by atomic mass is 10.1. The number of nitrogens with one attached hydrogen (secondary N) is 1. The molecule has 0 spiro atoms. The average Bonchev–Trinajstić information content (AvgIpc) is 2.91. The number of thiocarbonyl (C=S) groups is 1. The van der Waals surface area contributed by atoms with Crippen molar-refractivity contribution in [3.8, 4) is 0 Å². The summed E-state index contributed by atoms with van der Waals surface area (Å²) in [7, 11) is 0. The molecule has 1 atom stereocenters. The van der Waals surface area contributed by atoms with Gasteiger partial charge in [0.25, 0.3) is 0 Å². The molecular weight excluding hydrogens is 506 g/mol. The summed E-state index contributed by atoms with van der Waals surface area (Å²) in [4.78, 5) is 12.7. The van der Waals surface area contributed by atoms with Gasteiger partial charge in [0.1, 0.15) is 5.82 Å². The third-order valence-corrected chi connectivity index (χ3v) is 6.92. The number of hydrazone groups is 1. The highest BCUT2D eigenvalue weighted by Gasteiger charge is 2.50. The monoisotopic (exact) mass is 520 g/mol. The topological polar surface area (TPSA) is 68.2 Å². The Kier molecular flexibility index (Phi) is 7.35. The number of hydrogen-bond donors (Lipinski definition) is 2. The van der Waals surface area contributed by atoms with Crippen LogP contribution in [-0.2, 0) is 0 Å². The molecule has 0 bridgehead atoms. The number of nitrogens with zero attached hydrogens (tertiary/aromatic N) is 3. The van der Waals surface area contributed by atoms with Crippen molar-refractivity contribution in [2.45, 2.75) is 24.8 Å². The largest absolute Gasteiger partial charge is 0.347 e. The summed E-state index contributed by atoms with van der Waals surface area (Å²) in [6.07, 6.45) is 0.207. The van der Waals surface area contributed by atoms with E-state index < -0.39 is 22.8 Å². The van der Waals surface area contributed by atoms with Gasteiger partial charge in [0, 0.05) is 11.3 Å². The first-order valence-corrected chi connectivity index (χ1v) is 11.1. The maximum Gasteiger partial charge on any atom is 0.347 e. The molecule has 2 N–H and O–H groups in total. The molecule has 12 heteroatoms. The lowest BCUT2D eigenvalue weighted by molar-refractivity contribution is -0.114. The Balaban J connectivity index is 1.86. The molecule has 0 unspecified atom stereocenters. The van der Waals surface area contributed by atoms with E-state index in [0.29, 0.717) is 20.1 Å². The number of thioether (sulfide) groups is 1. The Bertz CT molecular complexity index is 1050. The zero-order valence-corrected chi connectivity index (χ0v) is 20.0. The Hall–Kier alpha value is -1.62. The van der Waals surface area contributed by atoms with E-state index in [1.54, 1.807) is 13.8 Å². The van der Waals surface area contributed by atoms with Crippen LogP contribution in [0.3, 0.4) is 0 Å². The summed E-state index contributed by atoms with van der Waals surface area (Å²) in [6, 6.07) is 7.90. The van der Waals surface area contributed by atoms with Crippen molar-refractivity contribution in [1.29, 1.82) is 0 Å². The summed E-state index contributed by atoms with van der Waals surface area (Å²) in [5.41, 5.74) is 0.392. The second kappa shape index (κ2) is 9.48. The van der Waals surface area contributed by atoms with Gasteiger partial charge in [-0.15, -0.1) is 0 Å². The van der Waals surface area contributed by atoms with Crippen LogP contribution in [0.1, 0.15) is 19.4 Å². The van der Waals surface area contributed by atoms with Gasteiger partial charge in [0.05, 0.1) is 26.0 Å². The Morgan fingerprint density at radius 3 is 2.65 bits per heavy atom. The third kappa shape index (κ3) is 5.24. The summed E-state index contributed by atoms with van der Waals surface area (Å²) in [5.74, 6) is -0.567. The first-order valence-electron chi connectivity index (χ1n) is 8.75. The number of benzene rings is 2. The number of rotatable bonds is 4. The van der Waals surface area contributed by atoms with E-state index in [0.717, 1.165) is 0 Å². The number of halogens is 4. The second-order valence-corrected chi connectivity index (χ2v) is 10.5. The first kappa shape index (κ1) is 24.0. The lowest BCUT2D eigenvalue weighted by Gasteiger charge is -2.34. The van der Waals surface area contributed by atoms with Gasteiger partial charge >= 0.3 is 6.03 Å². The molecule has 0 aliphatic carbocycles. The molecule has 2 aromatic carbocycles. The molecule has 1 heterocycles. The van der Waals surface area contributed by atoms with Crippen molar-refractivity contribution in [1.82, 2.24) is 10.1 Å². The van der Waals surface area contributed by atoms with Crippen molar-refractivity contribution >= 4 is 81.0 Å². The standard InChI is InChI=1S/C19H16Cl3FN4O2S2/c1-19(2)16(27(29)17(28)25-10-6-7-13(21)14(22)8-10)26(18(30)31-19)24-9-11-12(20)4-3-5-15(11)23/h3-9,16,29H,1-2H3,(H,25,28)/b24-9-/t16-/m1/s1. The van der Waals surface area contributed by atoms with Crippen LogP contribution in [-0.4, -0.2) is 42.8 Å². The normalized spacial score (nSPS) is 18.0. The number of amides is 2. The van der Waals surface area contributed by atoms with E-state index in [9.17, 15) is 14.4 Å². The number of carbonyl (C=O) groups excluding carboxylic acids is 1. The SMILES string of the molecule is CC1(C)SC(=S)N(/N=C\c2c(F)cccc2Cl)[C@@H]1N(O)C(=O)Nc1ccc(Cl)c(Cl)c1. The van der Waals surface area contributed by atoms with Crippen LogP contribution in [0.2, 0.25) is 15.1 Å². The Morgan fingerprint density at radius 1 is 1.29 bits per heavy atom. The number of urea groups is 1. The number of carbonyl (C=O) groups is 1. The molecule has 1 saturated heterocycles. The maximum atomic E-state index is 14.1. The highest BCUT2D eigenvalue weighted by molar-refractivity contribution is 8.24. The molecule has 0 saturated carbocycles. The molecule has 1 aliphatic rings. The molecule has 164 valence electrons. The average molecular weight is 522 g/mol. The van der Waals surface area contributed by atoms with Crippen molar-refractivity contribution in [3.05, 3.63) is 62.8 Å². The van der Waals surface area contributed by atoms with Crippen LogP contribution in [0.15, 0.2) is 41.5 Å². The molecule has 2 aromatic rings.